The first-order valence-corrected chi connectivity index (χ1v) is 11.0. The Hall–Kier alpha value is -3.91. The fourth-order valence-corrected chi connectivity index (χ4v) is 4.51. The summed E-state index contributed by atoms with van der Waals surface area (Å²) in [5.41, 5.74) is 9.28. The number of aromatic nitrogens is 4. The second kappa shape index (κ2) is 7.97. The minimum absolute atomic E-state index is 0.136. The maximum absolute atomic E-state index is 13.3. The first-order chi connectivity index (χ1) is 15.5. The summed E-state index contributed by atoms with van der Waals surface area (Å²) in [7, 11) is 0. The molecule has 0 unspecified atom stereocenters. The van der Waals surface area contributed by atoms with E-state index in [4.69, 9.17) is 5.73 Å². The van der Waals surface area contributed by atoms with E-state index in [9.17, 15) is 9.59 Å². The third kappa shape index (κ3) is 3.44. The van der Waals surface area contributed by atoms with Crippen LogP contribution in [-0.2, 0) is 5.75 Å². The van der Waals surface area contributed by atoms with E-state index < -0.39 is 5.91 Å². The van der Waals surface area contributed by atoms with E-state index in [2.05, 4.69) is 10.2 Å². The van der Waals surface area contributed by atoms with Crippen LogP contribution in [0.2, 0.25) is 0 Å². The number of nitrogens with zero attached hydrogens (tertiary/aromatic N) is 4. The summed E-state index contributed by atoms with van der Waals surface area (Å²) < 4.78 is 3.51. The Morgan fingerprint density at radius 3 is 2.41 bits per heavy atom. The molecule has 0 aliphatic heterocycles. The molecule has 0 radical (unpaired) electrons. The van der Waals surface area contributed by atoms with Gasteiger partial charge in [0.15, 0.2) is 5.16 Å². The molecule has 3 aromatic carbocycles. The number of rotatable bonds is 5. The Balaban J connectivity index is 1.63. The number of primary amides is 1. The fourth-order valence-electron chi connectivity index (χ4n) is 3.61. The van der Waals surface area contributed by atoms with Gasteiger partial charge in [-0.25, -0.2) is 4.57 Å². The van der Waals surface area contributed by atoms with Gasteiger partial charge >= 0.3 is 0 Å². The number of thioether (sulfide) groups is 1. The molecule has 8 heteroatoms. The molecule has 0 bridgehead atoms. The highest BCUT2D eigenvalue weighted by Crippen LogP contribution is 2.26. The third-order valence-electron chi connectivity index (χ3n) is 5.29. The summed E-state index contributed by atoms with van der Waals surface area (Å²) in [6, 6.07) is 22.4. The number of aryl methyl sites for hydroxylation is 1. The van der Waals surface area contributed by atoms with Gasteiger partial charge in [-0.1, -0.05) is 53.7 Å². The average Bonchev–Trinajstić information content (AvgIpc) is 3.23. The summed E-state index contributed by atoms with van der Waals surface area (Å²) in [5, 5.41) is 10.0. The number of amides is 1. The van der Waals surface area contributed by atoms with Gasteiger partial charge in [-0.2, -0.15) is 0 Å². The van der Waals surface area contributed by atoms with Crippen LogP contribution in [0.4, 0.5) is 0 Å². The van der Waals surface area contributed by atoms with E-state index in [0.29, 0.717) is 27.6 Å². The number of carbonyl (C=O) groups is 1. The van der Waals surface area contributed by atoms with Gasteiger partial charge in [0.25, 0.3) is 5.56 Å². The monoisotopic (exact) mass is 441 g/mol. The SMILES string of the molecule is Cc1ccc(-n2c(=O)c3ccccc3n3c(SCc4ccc(C(N)=O)cc4)nnc23)cc1. The lowest BCUT2D eigenvalue weighted by Gasteiger charge is -2.11. The van der Waals surface area contributed by atoms with Gasteiger partial charge < -0.3 is 5.73 Å². The van der Waals surface area contributed by atoms with E-state index in [0.717, 1.165) is 22.3 Å². The van der Waals surface area contributed by atoms with Crippen molar-refractivity contribution < 1.29 is 4.79 Å². The average molecular weight is 442 g/mol. The van der Waals surface area contributed by atoms with Crippen molar-refractivity contribution in [3.63, 3.8) is 0 Å². The number of fused-ring (bicyclic) bond motifs is 3. The smallest absolute Gasteiger partial charge is 0.267 e. The van der Waals surface area contributed by atoms with Crippen LogP contribution in [0.5, 0.6) is 0 Å². The van der Waals surface area contributed by atoms with Crippen molar-refractivity contribution in [2.45, 2.75) is 17.8 Å². The molecule has 7 nitrogen and oxygen atoms in total. The number of nitrogens with two attached hydrogens (primary N) is 1. The number of para-hydroxylation sites is 1. The largest absolute Gasteiger partial charge is 0.366 e. The molecule has 0 aliphatic rings. The maximum Gasteiger partial charge on any atom is 0.267 e. The lowest BCUT2D eigenvalue weighted by atomic mass is 10.1. The molecule has 2 N–H and O–H groups in total. The molecule has 0 saturated carbocycles. The maximum atomic E-state index is 13.3. The number of carbonyl (C=O) groups excluding carboxylic acids is 1. The van der Waals surface area contributed by atoms with Gasteiger partial charge in [-0.05, 0) is 48.9 Å². The summed E-state index contributed by atoms with van der Waals surface area (Å²) in [4.78, 5) is 24.6. The molecular weight excluding hydrogens is 422 g/mol. The van der Waals surface area contributed by atoms with E-state index >= 15 is 0 Å². The van der Waals surface area contributed by atoms with Crippen molar-refractivity contribution in [2.75, 3.05) is 0 Å². The highest BCUT2D eigenvalue weighted by Gasteiger charge is 2.18. The van der Waals surface area contributed by atoms with Gasteiger partial charge in [0.05, 0.1) is 16.6 Å². The molecular formula is C24H19N5O2S. The van der Waals surface area contributed by atoms with Crippen LogP contribution >= 0.6 is 11.8 Å². The standard InChI is InChI=1S/C24H19N5O2S/c1-15-6-12-18(13-7-15)28-22(31)19-4-2-3-5-20(19)29-23(28)26-27-24(29)32-14-16-8-10-17(11-9-16)21(25)30/h2-13H,14H2,1H3,(H2,25,30). The molecule has 0 atom stereocenters. The van der Waals surface area contributed by atoms with Crippen molar-refractivity contribution in [3.8, 4) is 5.69 Å². The van der Waals surface area contributed by atoms with Crippen molar-refractivity contribution >= 4 is 34.3 Å². The minimum Gasteiger partial charge on any atom is -0.366 e. The van der Waals surface area contributed by atoms with Crippen LogP contribution in [0, 0.1) is 6.92 Å². The zero-order valence-electron chi connectivity index (χ0n) is 17.2. The summed E-state index contributed by atoms with van der Waals surface area (Å²) >= 11 is 1.51. The van der Waals surface area contributed by atoms with Crippen molar-refractivity contribution in [2.24, 2.45) is 5.73 Å². The summed E-state index contributed by atoms with van der Waals surface area (Å²) in [6.07, 6.45) is 0. The second-order valence-electron chi connectivity index (χ2n) is 7.46. The quantitative estimate of drug-likeness (QED) is 0.419. The first kappa shape index (κ1) is 20.0. The molecule has 0 spiro atoms. The molecule has 0 saturated heterocycles. The Kier molecular flexibility index (Phi) is 4.99. The highest BCUT2D eigenvalue weighted by atomic mass is 32.2. The van der Waals surface area contributed by atoms with E-state index in [1.165, 1.54) is 11.8 Å². The molecule has 5 rings (SSSR count). The van der Waals surface area contributed by atoms with E-state index in [1.54, 1.807) is 16.7 Å². The zero-order chi connectivity index (χ0) is 22.2. The Morgan fingerprint density at radius 2 is 1.69 bits per heavy atom. The van der Waals surface area contributed by atoms with Gasteiger partial charge in [0.1, 0.15) is 0 Å². The topological polar surface area (TPSA) is 95.3 Å². The molecule has 5 aromatic rings. The predicted molar refractivity (Wildman–Crippen MR) is 125 cm³/mol. The lowest BCUT2D eigenvalue weighted by Crippen LogP contribution is -2.21. The van der Waals surface area contributed by atoms with E-state index in [1.807, 2.05) is 72.0 Å². The number of hydrogen-bond acceptors (Lipinski definition) is 5. The predicted octanol–water partition coefficient (Wildman–Crippen LogP) is 3.73. The highest BCUT2D eigenvalue weighted by molar-refractivity contribution is 7.98. The molecule has 2 aromatic heterocycles. The molecule has 2 heterocycles. The zero-order valence-corrected chi connectivity index (χ0v) is 18.0. The third-order valence-corrected chi connectivity index (χ3v) is 6.29. The Bertz CT molecular complexity index is 1520. The summed E-state index contributed by atoms with van der Waals surface area (Å²) in [5.74, 6) is 0.634. The Labute approximate surface area is 187 Å². The van der Waals surface area contributed by atoms with Crippen molar-refractivity contribution in [1.82, 2.24) is 19.2 Å². The van der Waals surface area contributed by atoms with Gasteiger partial charge in [0, 0.05) is 11.3 Å². The van der Waals surface area contributed by atoms with Gasteiger partial charge in [0.2, 0.25) is 11.7 Å². The van der Waals surface area contributed by atoms with Crippen LogP contribution in [0.25, 0.3) is 22.4 Å². The van der Waals surface area contributed by atoms with Gasteiger partial charge in [-0.15, -0.1) is 10.2 Å². The molecule has 158 valence electrons. The van der Waals surface area contributed by atoms with Crippen LogP contribution in [0.1, 0.15) is 21.5 Å². The van der Waals surface area contributed by atoms with E-state index in [-0.39, 0.29) is 5.56 Å². The fraction of sp³-hybridized carbons (Fsp3) is 0.0833. The lowest BCUT2D eigenvalue weighted by molar-refractivity contribution is 0.100. The van der Waals surface area contributed by atoms with Crippen LogP contribution in [0.3, 0.4) is 0 Å². The van der Waals surface area contributed by atoms with Crippen LogP contribution in [-0.4, -0.2) is 25.1 Å². The van der Waals surface area contributed by atoms with Gasteiger partial charge in [-0.3, -0.25) is 14.0 Å². The summed E-state index contributed by atoms with van der Waals surface area (Å²) in [6.45, 7) is 2.00. The first-order valence-electron chi connectivity index (χ1n) is 10.0. The molecule has 0 aliphatic carbocycles. The van der Waals surface area contributed by atoms with Crippen molar-refractivity contribution in [3.05, 3.63) is 99.8 Å². The Morgan fingerprint density at radius 1 is 0.969 bits per heavy atom. The minimum atomic E-state index is -0.451. The molecule has 1 amide bonds. The van der Waals surface area contributed by atoms with Crippen LogP contribution in [0.15, 0.2) is 82.7 Å². The molecule has 0 fully saturated rings. The van der Waals surface area contributed by atoms with Crippen molar-refractivity contribution in [1.29, 1.82) is 0 Å². The normalized spacial score (nSPS) is 11.3. The number of benzene rings is 3. The second-order valence-corrected chi connectivity index (χ2v) is 8.40. The van der Waals surface area contributed by atoms with Crippen LogP contribution < -0.4 is 11.3 Å². The number of hydrogen-bond donors (Lipinski definition) is 1. The molecule has 32 heavy (non-hydrogen) atoms.